The van der Waals surface area contributed by atoms with Gasteiger partial charge >= 0.3 is 5.97 Å². The third-order valence-electron chi connectivity index (χ3n) is 5.16. The number of benzene rings is 1. The Morgan fingerprint density at radius 3 is 2.68 bits per heavy atom. The van der Waals surface area contributed by atoms with Crippen LogP contribution in [-0.2, 0) is 14.3 Å². The molecule has 6 nitrogen and oxygen atoms in total. The molecule has 1 atom stereocenters. The van der Waals surface area contributed by atoms with Gasteiger partial charge in [-0.15, -0.1) is 0 Å². The van der Waals surface area contributed by atoms with Gasteiger partial charge in [-0.25, -0.2) is 4.79 Å². The van der Waals surface area contributed by atoms with Crippen LogP contribution < -0.4 is 14.8 Å². The van der Waals surface area contributed by atoms with Crippen molar-refractivity contribution in [3.8, 4) is 11.5 Å². The summed E-state index contributed by atoms with van der Waals surface area (Å²) in [6, 6.07) is 5.58. The van der Waals surface area contributed by atoms with Gasteiger partial charge in [-0.3, -0.25) is 4.79 Å². The molecule has 1 aliphatic carbocycles. The Morgan fingerprint density at radius 1 is 1.21 bits per heavy atom. The summed E-state index contributed by atoms with van der Waals surface area (Å²) in [4.78, 5) is 25.4. The lowest BCUT2D eigenvalue weighted by molar-refractivity contribution is -0.136. The van der Waals surface area contributed by atoms with Gasteiger partial charge in [-0.2, -0.15) is 0 Å². The molecule has 0 unspecified atom stereocenters. The summed E-state index contributed by atoms with van der Waals surface area (Å²) in [5.74, 6) is 0.372. The summed E-state index contributed by atoms with van der Waals surface area (Å²) in [5.41, 5.74) is 3.54. The molecule has 0 saturated heterocycles. The van der Waals surface area contributed by atoms with Crippen molar-refractivity contribution in [3.05, 3.63) is 46.3 Å². The predicted molar refractivity (Wildman–Crippen MR) is 105 cm³/mol. The van der Waals surface area contributed by atoms with Crippen LogP contribution in [0.25, 0.3) is 0 Å². The number of allylic oxidation sites excluding steroid dienone is 3. The van der Waals surface area contributed by atoms with Crippen molar-refractivity contribution in [3.63, 3.8) is 0 Å². The molecule has 1 aliphatic heterocycles. The number of carbonyl (C=O) groups is 2. The van der Waals surface area contributed by atoms with Gasteiger partial charge in [-0.05, 0) is 43.9 Å². The SMILES string of the molecule is CCCOc1ccc([C@@H]2C(C(=O)OC)=C(C)NC3=C2C(=O)CCC3)cc1OC. The van der Waals surface area contributed by atoms with Crippen molar-refractivity contribution < 1.29 is 23.8 Å². The summed E-state index contributed by atoms with van der Waals surface area (Å²) in [7, 11) is 2.94. The molecule has 0 radical (unpaired) electrons. The zero-order chi connectivity index (χ0) is 20.3. The van der Waals surface area contributed by atoms with E-state index in [1.807, 2.05) is 32.0 Å². The first-order valence-electron chi connectivity index (χ1n) is 9.64. The first kappa shape index (κ1) is 20.0. The Hall–Kier alpha value is -2.76. The third-order valence-corrected chi connectivity index (χ3v) is 5.16. The summed E-state index contributed by atoms with van der Waals surface area (Å²) in [5, 5.41) is 3.26. The van der Waals surface area contributed by atoms with Crippen LogP contribution in [0.15, 0.2) is 40.7 Å². The topological polar surface area (TPSA) is 73.9 Å². The van der Waals surface area contributed by atoms with E-state index in [9.17, 15) is 9.59 Å². The molecule has 0 saturated carbocycles. The Kier molecular flexibility index (Phi) is 6.07. The average Bonchev–Trinajstić information content (AvgIpc) is 2.70. The fraction of sp³-hybridized carbons (Fsp3) is 0.455. The lowest BCUT2D eigenvalue weighted by Crippen LogP contribution is -2.34. The molecule has 150 valence electrons. The van der Waals surface area contributed by atoms with Crippen LogP contribution >= 0.6 is 0 Å². The van der Waals surface area contributed by atoms with Gasteiger partial charge in [0, 0.05) is 29.3 Å². The van der Waals surface area contributed by atoms with Gasteiger partial charge in [0.15, 0.2) is 17.3 Å². The molecule has 1 heterocycles. The maximum atomic E-state index is 12.8. The van der Waals surface area contributed by atoms with Gasteiger partial charge in [0.2, 0.25) is 0 Å². The molecule has 6 heteroatoms. The number of Topliss-reactive ketones (excluding diaryl/α,β-unsaturated/α-hetero) is 1. The van der Waals surface area contributed by atoms with Crippen molar-refractivity contribution in [2.45, 2.75) is 45.4 Å². The molecule has 28 heavy (non-hydrogen) atoms. The molecule has 1 aromatic rings. The van der Waals surface area contributed by atoms with Gasteiger partial charge in [-0.1, -0.05) is 13.0 Å². The van der Waals surface area contributed by atoms with Gasteiger partial charge in [0.25, 0.3) is 0 Å². The molecule has 3 rings (SSSR count). The monoisotopic (exact) mass is 385 g/mol. The highest BCUT2D eigenvalue weighted by molar-refractivity contribution is 6.03. The number of ketones is 1. The van der Waals surface area contributed by atoms with E-state index in [0.717, 1.165) is 36.2 Å². The number of hydrogen-bond donors (Lipinski definition) is 1. The second-order valence-electron chi connectivity index (χ2n) is 7.02. The molecule has 0 amide bonds. The quantitative estimate of drug-likeness (QED) is 0.754. The minimum absolute atomic E-state index is 0.0675. The summed E-state index contributed by atoms with van der Waals surface area (Å²) < 4.78 is 16.3. The van der Waals surface area contributed by atoms with Crippen LogP contribution in [0.5, 0.6) is 11.5 Å². The van der Waals surface area contributed by atoms with Crippen LogP contribution in [0.1, 0.15) is 51.0 Å². The van der Waals surface area contributed by atoms with Crippen LogP contribution in [0.4, 0.5) is 0 Å². The summed E-state index contributed by atoms with van der Waals surface area (Å²) >= 11 is 0. The van der Waals surface area contributed by atoms with E-state index in [1.54, 1.807) is 7.11 Å². The van der Waals surface area contributed by atoms with E-state index < -0.39 is 11.9 Å². The number of esters is 1. The second-order valence-corrected chi connectivity index (χ2v) is 7.02. The molecule has 0 bridgehead atoms. The van der Waals surface area contributed by atoms with E-state index in [2.05, 4.69) is 5.32 Å². The standard InChI is InChI=1S/C22H27NO5/c1-5-11-28-17-10-9-14(12-18(17)26-3)20-19(22(25)27-4)13(2)23-15-7-6-8-16(24)21(15)20/h9-10,12,20,23H,5-8,11H2,1-4H3/t20-/m1/s1. The number of ether oxygens (including phenoxy) is 3. The molecule has 2 aliphatic rings. The first-order chi connectivity index (χ1) is 13.5. The molecule has 0 aromatic heterocycles. The van der Waals surface area contributed by atoms with Crippen molar-refractivity contribution >= 4 is 11.8 Å². The number of methoxy groups -OCH3 is 2. The Morgan fingerprint density at radius 2 is 2.00 bits per heavy atom. The molecule has 0 fully saturated rings. The largest absolute Gasteiger partial charge is 0.493 e. The summed E-state index contributed by atoms with van der Waals surface area (Å²) in [6.07, 6.45) is 2.97. The van der Waals surface area contributed by atoms with Crippen molar-refractivity contribution in [1.82, 2.24) is 5.32 Å². The number of rotatable bonds is 6. The predicted octanol–water partition coefficient (Wildman–Crippen LogP) is 3.62. The Balaban J connectivity index is 2.13. The van der Waals surface area contributed by atoms with Gasteiger partial charge < -0.3 is 19.5 Å². The van der Waals surface area contributed by atoms with Crippen LogP contribution in [-0.4, -0.2) is 32.6 Å². The second kappa shape index (κ2) is 8.50. The Bertz CT molecular complexity index is 852. The van der Waals surface area contributed by atoms with Crippen LogP contribution in [0.2, 0.25) is 0 Å². The third kappa shape index (κ3) is 3.63. The number of hydrogen-bond acceptors (Lipinski definition) is 6. The highest BCUT2D eigenvalue weighted by atomic mass is 16.5. The van der Waals surface area contributed by atoms with E-state index in [-0.39, 0.29) is 5.78 Å². The lowest BCUT2D eigenvalue weighted by atomic mass is 9.75. The first-order valence-corrected chi connectivity index (χ1v) is 9.64. The van der Waals surface area contributed by atoms with E-state index in [0.29, 0.717) is 35.7 Å². The minimum Gasteiger partial charge on any atom is -0.493 e. The van der Waals surface area contributed by atoms with E-state index in [1.165, 1.54) is 7.11 Å². The smallest absolute Gasteiger partial charge is 0.336 e. The number of nitrogens with one attached hydrogen (secondary N) is 1. The zero-order valence-electron chi connectivity index (χ0n) is 16.9. The normalized spacial score (nSPS) is 19.1. The minimum atomic E-state index is -0.481. The van der Waals surface area contributed by atoms with Crippen molar-refractivity contribution in [2.24, 2.45) is 0 Å². The van der Waals surface area contributed by atoms with Gasteiger partial charge in [0.1, 0.15) is 0 Å². The average molecular weight is 385 g/mol. The maximum absolute atomic E-state index is 12.8. The van der Waals surface area contributed by atoms with Gasteiger partial charge in [0.05, 0.1) is 26.4 Å². The molecule has 1 N–H and O–H groups in total. The fourth-order valence-corrected chi connectivity index (χ4v) is 3.89. The van der Waals surface area contributed by atoms with E-state index >= 15 is 0 Å². The highest BCUT2D eigenvalue weighted by Gasteiger charge is 2.39. The van der Waals surface area contributed by atoms with Crippen molar-refractivity contribution in [1.29, 1.82) is 0 Å². The highest BCUT2D eigenvalue weighted by Crippen LogP contribution is 2.44. The van der Waals surface area contributed by atoms with Crippen LogP contribution in [0, 0.1) is 0 Å². The molecule has 1 aromatic carbocycles. The summed E-state index contributed by atoms with van der Waals surface area (Å²) in [6.45, 7) is 4.47. The lowest BCUT2D eigenvalue weighted by Gasteiger charge is -2.34. The number of dihydropyridines is 1. The zero-order valence-corrected chi connectivity index (χ0v) is 16.9. The number of carbonyl (C=O) groups excluding carboxylic acids is 2. The van der Waals surface area contributed by atoms with E-state index in [4.69, 9.17) is 14.2 Å². The Labute approximate surface area is 165 Å². The van der Waals surface area contributed by atoms with Crippen molar-refractivity contribution in [2.75, 3.05) is 20.8 Å². The van der Waals surface area contributed by atoms with Crippen LogP contribution in [0.3, 0.4) is 0 Å². The maximum Gasteiger partial charge on any atom is 0.336 e. The molecular weight excluding hydrogens is 358 g/mol. The molecule has 0 spiro atoms. The molecular formula is C22H27NO5. The fourth-order valence-electron chi connectivity index (χ4n) is 3.89.